The van der Waals surface area contributed by atoms with Crippen molar-refractivity contribution in [1.82, 2.24) is 25.1 Å². The van der Waals surface area contributed by atoms with Crippen LogP contribution in [0.15, 0.2) is 66.7 Å². The molecule has 0 saturated carbocycles. The van der Waals surface area contributed by atoms with Crippen molar-refractivity contribution in [3.05, 3.63) is 77.9 Å². The Balaban J connectivity index is 1.39. The fourth-order valence-electron chi connectivity index (χ4n) is 2.82. The van der Waals surface area contributed by atoms with Gasteiger partial charge in [-0.1, -0.05) is 48.0 Å². The van der Waals surface area contributed by atoms with Crippen LogP contribution < -0.4 is 10.1 Å². The zero-order valence-corrected chi connectivity index (χ0v) is 15.4. The number of carbonyl (C=O) groups is 1. The largest absolute Gasteiger partial charge is 0.475 e. The summed E-state index contributed by atoms with van der Waals surface area (Å²) in [6.45, 7) is 2.63. The van der Waals surface area contributed by atoms with Crippen LogP contribution in [0.25, 0.3) is 17.0 Å². The lowest BCUT2D eigenvalue weighted by Crippen LogP contribution is -2.28. The zero-order valence-electron chi connectivity index (χ0n) is 15.4. The Hall–Kier alpha value is -3.74. The minimum Gasteiger partial charge on any atom is -0.475 e. The van der Waals surface area contributed by atoms with Gasteiger partial charge in [-0.15, -0.1) is 15.3 Å². The number of nitrogens with zero attached hydrogens (tertiary/aromatic N) is 4. The second-order valence-corrected chi connectivity index (χ2v) is 6.31. The van der Waals surface area contributed by atoms with E-state index >= 15 is 0 Å². The summed E-state index contributed by atoms with van der Waals surface area (Å²) in [4.78, 5) is 12.1. The smallest absolute Gasteiger partial charge is 0.251 e. The number of benzene rings is 2. The standard InChI is InChI=1S/C21H19N5O2/c1-15-6-5-9-17(14-15)21(27)22-12-13-28-19-11-10-18-23-24-20(26(18)25-19)16-7-3-2-4-8-16/h2-11,14H,12-13H2,1H3,(H,22,27). The van der Waals surface area contributed by atoms with Crippen molar-refractivity contribution in [3.63, 3.8) is 0 Å². The second kappa shape index (κ2) is 7.87. The van der Waals surface area contributed by atoms with Crippen molar-refractivity contribution in [1.29, 1.82) is 0 Å². The predicted molar refractivity (Wildman–Crippen MR) is 105 cm³/mol. The normalized spacial score (nSPS) is 10.8. The molecule has 2 aromatic carbocycles. The molecule has 0 spiro atoms. The average molecular weight is 373 g/mol. The van der Waals surface area contributed by atoms with Crippen LogP contribution in [-0.2, 0) is 0 Å². The van der Waals surface area contributed by atoms with Gasteiger partial charge >= 0.3 is 0 Å². The number of rotatable bonds is 6. The minimum atomic E-state index is -0.124. The van der Waals surface area contributed by atoms with Gasteiger partial charge in [-0.25, -0.2) is 0 Å². The number of nitrogens with one attached hydrogen (secondary N) is 1. The van der Waals surface area contributed by atoms with Crippen LogP contribution in [0.3, 0.4) is 0 Å². The highest BCUT2D eigenvalue weighted by Crippen LogP contribution is 2.18. The summed E-state index contributed by atoms with van der Waals surface area (Å²) in [7, 11) is 0. The maximum absolute atomic E-state index is 12.1. The molecule has 140 valence electrons. The zero-order chi connectivity index (χ0) is 19.3. The summed E-state index contributed by atoms with van der Waals surface area (Å²) in [5.74, 6) is 0.962. The first-order chi connectivity index (χ1) is 13.7. The number of ether oxygens (including phenoxy) is 1. The van der Waals surface area contributed by atoms with Crippen molar-refractivity contribution in [3.8, 4) is 17.3 Å². The van der Waals surface area contributed by atoms with Crippen molar-refractivity contribution >= 4 is 11.6 Å². The van der Waals surface area contributed by atoms with Gasteiger partial charge in [-0.05, 0) is 25.1 Å². The van der Waals surface area contributed by atoms with Gasteiger partial charge in [0.25, 0.3) is 5.91 Å². The summed E-state index contributed by atoms with van der Waals surface area (Å²) >= 11 is 0. The van der Waals surface area contributed by atoms with Crippen LogP contribution in [0.4, 0.5) is 0 Å². The SMILES string of the molecule is Cc1cccc(C(=O)NCCOc2ccc3nnc(-c4ccccc4)n3n2)c1. The first-order valence-electron chi connectivity index (χ1n) is 8.96. The van der Waals surface area contributed by atoms with E-state index in [1.807, 2.05) is 55.5 Å². The van der Waals surface area contributed by atoms with Gasteiger partial charge < -0.3 is 10.1 Å². The van der Waals surface area contributed by atoms with Gasteiger partial charge in [-0.2, -0.15) is 4.52 Å². The van der Waals surface area contributed by atoms with Crippen molar-refractivity contribution in [2.45, 2.75) is 6.92 Å². The molecule has 0 aliphatic heterocycles. The van der Waals surface area contributed by atoms with E-state index in [0.717, 1.165) is 11.1 Å². The fraction of sp³-hybridized carbons (Fsp3) is 0.143. The molecule has 0 bridgehead atoms. The van der Waals surface area contributed by atoms with Crippen LogP contribution >= 0.6 is 0 Å². The van der Waals surface area contributed by atoms with E-state index in [9.17, 15) is 4.79 Å². The number of fused-ring (bicyclic) bond motifs is 1. The molecule has 1 amide bonds. The van der Waals surface area contributed by atoms with E-state index in [0.29, 0.717) is 36.1 Å². The van der Waals surface area contributed by atoms with E-state index in [4.69, 9.17) is 4.74 Å². The van der Waals surface area contributed by atoms with Crippen LogP contribution in [0.1, 0.15) is 15.9 Å². The summed E-state index contributed by atoms with van der Waals surface area (Å²) in [6, 6.07) is 20.7. The van der Waals surface area contributed by atoms with Gasteiger partial charge in [0.1, 0.15) is 6.61 Å². The molecule has 4 rings (SSSR count). The topological polar surface area (TPSA) is 81.4 Å². The molecule has 0 saturated heterocycles. The minimum absolute atomic E-state index is 0.124. The number of aromatic nitrogens is 4. The third kappa shape index (κ3) is 3.83. The van der Waals surface area contributed by atoms with Crippen molar-refractivity contribution < 1.29 is 9.53 Å². The molecule has 2 aromatic heterocycles. The van der Waals surface area contributed by atoms with Crippen LogP contribution in [0.5, 0.6) is 5.88 Å². The van der Waals surface area contributed by atoms with Crippen LogP contribution in [0.2, 0.25) is 0 Å². The maximum atomic E-state index is 12.1. The van der Waals surface area contributed by atoms with Crippen molar-refractivity contribution in [2.24, 2.45) is 0 Å². The molecule has 7 nitrogen and oxygen atoms in total. The lowest BCUT2D eigenvalue weighted by atomic mass is 10.1. The molecule has 0 aliphatic carbocycles. The van der Waals surface area contributed by atoms with Gasteiger partial charge in [0, 0.05) is 17.2 Å². The second-order valence-electron chi connectivity index (χ2n) is 6.31. The highest BCUT2D eigenvalue weighted by Gasteiger charge is 2.10. The molecular weight excluding hydrogens is 354 g/mol. The van der Waals surface area contributed by atoms with E-state index in [2.05, 4.69) is 20.6 Å². The molecule has 2 heterocycles. The highest BCUT2D eigenvalue weighted by atomic mass is 16.5. The van der Waals surface area contributed by atoms with Gasteiger partial charge in [0.05, 0.1) is 6.54 Å². The Bertz CT molecular complexity index is 1110. The molecule has 7 heteroatoms. The molecule has 0 unspecified atom stereocenters. The number of hydrogen-bond donors (Lipinski definition) is 1. The highest BCUT2D eigenvalue weighted by molar-refractivity contribution is 5.94. The molecule has 0 fully saturated rings. The molecule has 0 aliphatic rings. The van der Waals surface area contributed by atoms with Crippen LogP contribution in [0, 0.1) is 6.92 Å². The van der Waals surface area contributed by atoms with Gasteiger partial charge in [0.15, 0.2) is 11.5 Å². The Morgan fingerprint density at radius 1 is 1.04 bits per heavy atom. The lowest BCUT2D eigenvalue weighted by Gasteiger charge is -2.08. The monoisotopic (exact) mass is 373 g/mol. The number of amides is 1. The quantitative estimate of drug-likeness (QED) is 0.526. The van der Waals surface area contributed by atoms with E-state index in [1.54, 1.807) is 22.7 Å². The maximum Gasteiger partial charge on any atom is 0.251 e. The van der Waals surface area contributed by atoms with E-state index in [1.165, 1.54) is 0 Å². The molecular formula is C21H19N5O2. The summed E-state index contributed by atoms with van der Waals surface area (Å²) in [5, 5.41) is 15.6. The van der Waals surface area contributed by atoms with Crippen molar-refractivity contribution in [2.75, 3.05) is 13.2 Å². The molecule has 4 aromatic rings. The molecule has 1 N–H and O–H groups in total. The Kier molecular flexibility index (Phi) is 4.97. The number of aryl methyl sites for hydroxylation is 1. The Morgan fingerprint density at radius 3 is 2.71 bits per heavy atom. The predicted octanol–water partition coefficient (Wildman–Crippen LogP) is 2.91. The number of carbonyl (C=O) groups excluding carboxylic acids is 1. The van der Waals surface area contributed by atoms with Gasteiger partial charge in [-0.3, -0.25) is 4.79 Å². The number of hydrogen-bond acceptors (Lipinski definition) is 5. The Labute approximate surface area is 162 Å². The summed E-state index contributed by atoms with van der Waals surface area (Å²) < 4.78 is 7.33. The third-order valence-electron chi connectivity index (χ3n) is 4.19. The Morgan fingerprint density at radius 2 is 1.89 bits per heavy atom. The summed E-state index contributed by atoms with van der Waals surface area (Å²) in [6.07, 6.45) is 0. The lowest BCUT2D eigenvalue weighted by molar-refractivity contribution is 0.0946. The third-order valence-corrected chi connectivity index (χ3v) is 4.19. The first kappa shape index (κ1) is 17.7. The molecule has 0 atom stereocenters. The molecule has 0 radical (unpaired) electrons. The van der Waals surface area contributed by atoms with E-state index < -0.39 is 0 Å². The average Bonchev–Trinajstić information content (AvgIpc) is 3.15. The van der Waals surface area contributed by atoms with Gasteiger partial charge in [0.2, 0.25) is 5.88 Å². The first-order valence-corrected chi connectivity index (χ1v) is 8.96. The van der Waals surface area contributed by atoms with E-state index in [-0.39, 0.29) is 5.91 Å². The van der Waals surface area contributed by atoms with Crippen LogP contribution in [-0.4, -0.2) is 38.9 Å². The summed E-state index contributed by atoms with van der Waals surface area (Å²) in [5.41, 5.74) is 3.24. The fourth-order valence-corrected chi connectivity index (χ4v) is 2.82. The molecule has 28 heavy (non-hydrogen) atoms.